The topological polar surface area (TPSA) is 56.0 Å². The van der Waals surface area contributed by atoms with Crippen LogP contribution in [0.4, 0.5) is 0 Å². The Kier molecular flexibility index (Phi) is 3.08. The lowest BCUT2D eigenvalue weighted by atomic mass is 10.1. The molecule has 3 rings (SSSR count). The second kappa shape index (κ2) is 4.77. The Morgan fingerprint density at radius 2 is 2.15 bits per heavy atom. The van der Waals surface area contributed by atoms with Crippen molar-refractivity contribution in [3.8, 4) is 0 Å². The molecule has 6 heteroatoms. The zero-order valence-electron chi connectivity index (χ0n) is 12.1. The summed E-state index contributed by atoms with van der Waals surface area (Å²) in [5.74, 6) is 0.0761. The van der Waals surface area contributed by atoms with E-state index in [4.69, 9.17) is 0 Å². The summed E-state index contributed by atoms with van der Waals surface area (Å²) in [7, 11) is 0. The van der Waals surface area contributed by atoms with Gasteiger partial charge in [0.2, 0.25) is 0 Å². The van der Waals surface area contributed by atoms with Crippen molar-refractivity contribution in [2.45, 2.75) is 40.4 Å². The van der Waals surface area contributed by atoms with Gasteiger partial charge in [0.05, 0.1) is 29.8 Å². The van der Waals surface area contributed by atoms with Gasteiger partial charge in [0.15, 0.2) is 0 Å². The number of aromatic nitrogens is 4. The number of rotatable bonds is 2. The van der Waals surface area contributed by atoms with E-state index in [0.29, 0.717) is 6.54 Å². The SMILES string of the molecule is CCn1nc(C)c(C(=O)N2CCn3cncc3C2)c1C. The van der Waals surface area contributed by atoms with Gasteiger partial charge in [-0.2, -0.15) is 5.10 Å². The minimum absolute atomic E-state index is 0.0761. The number of aryl methyl sites for hydroxylation is 2. The number of carbonyl (C=O) groups excluding carboxylic acids is 1. The summed E-state index contributed by atoms with van der Waals surface area (Å²) in [5.41, 5.74) is 3.60. The van der Waals surface area contributed by atoms with Crippen molar-refractivity contribution < 1.29 is 4.79 Å². The number of nitrogens with zero attached hydrogens (tertiary/aromatic N) is 5. The van der Waals surface area contributed by atoms with Gasteiger partial charge in [0.25, 0.3) is 5.91 Å². The Hall–Kier alpha value is -2.11. The quantitative estimate of drug-likeness (QED) is 0.830. The van der Waals surface area contributed by atoms with Crippen LogP contribution in [0.5, 0.6) is 0 Å². The molecule has 0 saturated heterocycles. The molecule has 2 aromatic heterocycles. The van der Waals surface area contributed by atoms with Crippen LogP contribution < -0.4 is 0 Å². The van der Waals surface area contributed by atoms with Crippen molar-refractivity contribution in [2.75, 3.05) is 6.54 Å². The largest absolute Gasteiger partial charge is 0.331 e. The van der Waals surface area contributed by atoms with E-state index in [0.717, 1.165) is 42.3 Å². The molecule has 3 heterocycles. The fourth-order valence-corrected chi connectivity index (χ4v) is 2.83. The lowest BCUT2D eigenvalue weighted by molar-refractivity contribution is 0.0709. The molecule has 0 aromatic carbocycles. The minimum atomic E-state index is 0.0761. The van der Waals surface area contributed by atoms with E-state index in [2.05, 4.69) is 14.6 Å². The van der Waals surface area contributed by atoms with E-state index in [1.54, 1.807) is 0 Å². The molecule has 106 valence electrons. The number of fused-ring (bicyclic) bond motifs is 1. The first-order chi connectivity index (χ1) is 9.61. The summed E-state index contributed by atoms with van der Waals surface area (Å²) in [6, 6.07) is 0. The van der Waals surface area contributed by atoms with Crippen LogP contribution in [0.15, 0.2) is 12.5 Å². The number of hydrogen-bond acceptors (Lipinski definition) is 3. The van der Waals surface area contributed by atoms with Gasteiger partial charge in [-0.15, -0.1) is 0 Å². The lowest BCUT2D eigenvalue weighted by Crippen LogP contribution is -2.38. The third-order valence-corrected chi connectivity index (χ3v) is 3.94. The van der Waals surface area contributed by atoms with Crippen molar-refractivity contribution in [1.29, 1.82) is 0 Å². The van der Waals surface area contributed by atoms with Gasteiger partial charge >= 0.3 is 0 Å². The van der Waals surface area contributed by atoms with Gasteiger partial charge in [0, 0.05) is 31.5 Å². The Morgan fingerprint density at radius 1 is 1.35 bits per heavy atom. The van der Waals surface area contributed by atoms with Gasteiger partial charge in [-0.25, -0.2) is 4.98 Å². The van der Waals surface area contributed by atoms with Crippen LogP contribution in [0.1, 0.15) is 34.4 Å². The average Bonchev–Trinajstić information content (AvgIpc) is 3.01. The number of imidazole rings is 1. The monoisotopic (exact) mass is 273 g/mol. The van der Waals surface area contributed by atoms with E-state index in [-0.39, 0.29) is 5.91 Å². The van der Waals surface area contributed by atoms with E-state index in [9.17, 15) is 4.79 Å². The summed E-state index contributed by atoms with van der Waals surface area (Å²) >= 11 is 0. The molecule has 6 nitrogen and oxygen atoms in total. The van der Waals surface area contributed by atoms with Crippen LogP contribution in [-0.2, 0) is 19.6 Å². The summed E-state index contributed by atoms with van der Waals surface area (Å²) < 4.78 is 3.98. The maximum absolute atomic E-state index is 12.7. The predicted molar refractivity (Wildman–Crippen MR) is 74.3 cm³/mol. The highest BCUT2D eigenvalue weighted by Crippen LogP contribution is 2.19. The molecule has 1 aliphatic heterocycles. The molecule has 0 bridgehead atoms. The normalized spacial score (nSPS) is 14.4. The maximum Gasteiger partial charge on any atom is 0.258 e. The highest BCUT2D eigenvalue weighted by molar-refractivity contribution is 5.96. The second-order valence-electron chi connectivity index (χ2n) is 5.17. The summed E-state index contributed by atoms with van der Waals surface area (Å²) in [4.78, 5) is 18.8. The fourth-order valence-electron chi connectivity index (χ4n) is 2.83. The van der Waals surface area contributed by atoms with Crippen LogP contribution in [-0.4, -0.2) is 36.7 Å². The van der Waals surface area contributed by atoms with Gasteiger partial charge < -0.3 is 9.47 Å². The molecule has 1 aliphatic rings. The van der Waals surface area contributed by atoms with E-state index in [1.807, 2.05) is 42.9 Å². The molecular weight excluding hydrogens is 254 g/mol. The molecular formula is C14H19N5O. The molecule has 0 saturated carbocycles. The second-order valence-corrected chi connectivity index (χ2v) is 5.17. The molecule has 0 atom stereocenters. The van der Waals surface area contributed by atoms with Crippen molar-refractivity contribution in [3.63, 3.8) is 0 Å². The summed E-state index contributed by atoms with van der Waals surface area (Å²) in [6.45, 7) is 8.83. The van der Waals surface area contributed by atoms with E-state index in [1.165, 1.54) is 0 Å². The average molecular weight is 273 g/mol. The van der Waals surface area contributed by atoms with E-state index < -0.39 is 0 Å². The van der Waals surface area contributed by atoms with Gasteiger partial charge in [0.1, 0.15) is 0 Å². The highest BCUT2D eigenvalue weighted by Gasteiger charge is 2.26. The van der Waals surface area contributed by atoms with Crippen molar-refractivity contribution in [1.82, 2.24) is 24.2 Å². The molecule has 0 N–H and O–H groups in total. The first kappa shape index (κ1) is 12.9. The van der Waals surface area contributed by atoms with Crippen LogP contribution >= 0.6 is 0 Å². The van der Waals surface area contributed by atoms with Crippen LogP contribution in [0, 0.1) is 13.8 Å². The van der Waals surface area contributed by atoms with Crippen LogP contribution in [0.3, 0.4) is 0 Å². The standard InChI is InChI=1S/C14H19N5O/c1-4-19-11(3)13(10(2)16-19)14(20)17-5-6-18-9-15-7-12(18)8-17/h7,9H,4-6,8H2,1-3H3. The lowest BCUT2D eigenvalue weighted by Gasteiger charge is -2.28. The predicted octanol–water partition coefficient (Wildman–Crippen LogP) is 1.37. The minimum Gasteiger partial charge on any atom is -0.331 e. The van der Waals surface area contributed by atoms with Crippen molar-refractivity contribution in [3.05, 3.63) is 35.2 Å². The Balaban J connectivity index is 1.89. The third-order valence-electron chi connectivity index (χ3n) is 3.94. The van der Waals surface area contributed by atoms with Crippen LogP contribution in [0.25, 0.3) is 0 Å². The molecule has 1 amide bonds. The molecule has 20 heavy (non-hydrogen) atoms. The smallest absolute Gasteiger partial charge is 0.258 e. The van der Waals surface area contributed by atoms with Crippen molar-refractivity contribution >= 4 is 5.91 Å². The molecule has 0 spiro atoms. The fraction of sp³-hybridized carbons (Fsp3) is 0.500. The Bertz CT molecular complexity index is 655. The maximum atomic E-state index is 12.7. The zero-order valence-corrected chi connectivity index (χ0v) is 12.1. The molecule has 0 unspecified atom stereocenters. The first-order valence-electron chi connectivity index (χ1n) is 6.94. The Labute approximate surface area is 118 Å². The van der Waals surface area contributed by atoms with E-state index >= 15 is 0 Å². The van der Waals surface area contributed by atoms with Gasteiger partial charge in [-0.3, -0.25) is 9.48 Å². The first-order valence-corrected chi connectivity index (χ1v) is 6.94. The zero-order chi connectivity index (χ0) is 14.3. The molecule has 0 aliphatic carbocycles. The van der Waals surface area contributed by atoms with Crippen molar-refractivity contribution in [2.24, 2.45) is 0 Å². The third kappa shape index (κ3) is 1.92. The number of hydrogen-bond donors (Lipinski definition) is 0. The highest BCUT2D eigenvalue weighted by atomic mass is 16.2. The van der Waals surface area contributed by atoms with Gasteiger partial charge in [-0.1, -0.05) is 0 Å². The number of carbonyl (C=O) groups is 1. The van der Waals surface area contributed by atoms with Gasteiger partial charge in [-0.05, 0) is 20.8 Å². The number of amides is 1. The van der Waals surface area contributed by atoms with Crippen LogP contribution in [0.2, 0.25) is 0 Å². The molecule has 0 radical (unpaired) electrons. The summed E-state index contributed by atoms with van der Waals surface area (Å²) in [6.07, 6.45) is 3.65. The summed E-state index contributed by atoms with van der Waals surface area (Å²) in [5, 5.41) is 4.43. The molecule has 0 fully saturated rings. The molecule has 2 aromatic rings. The Morgan fingerprint density at radius 3 is 2.85 bits per heavy atom.